The van der Waals surface area contributed by atoms with Crippen LogP contribution in [0.2, 0.25) is 0 Å². The molecule has 1 saturated carbocycles. The molecule has 0 aromatic rings. The minimum atomic E-state index is 0.0767. The van der Waals surface area contributed by atoms with Crippen LogP contribution in [0.25, 0.3) is 0 Å². The molecule has 3 atom stereocenters. The molecule has 2 nitrogen and oxygen atoms in total. The fraction of sp³-hybridized carbons (Fsp3) is 0.952. The Morgan fingerprint density at radius 1 is 1.04 bits per heavy atom. The fourth-order valence-corrected chi connectivity index (χ4v) is 3.86. The molecule has 23 heavy (non-hydrogen) atoms. The van der Waals surface area contributed by atoms with E-state index in [2.05, 4.69) is 27.7 Å². The monoisotopic (exact) mass is 324 g/mol. The third-order valence-corrected chi connectivity index (χ3v) is 5.60. The molecule has 0 bridgehead atoms. The molecule has 1 fully saturated rings. The first-order chi connectivity index (χ1) is 11.0. The molecule has 136 valence electrons. The summed E-state index contributed by atoms with van der Waals surface area (Å²) in [7, 11) is 0. The first-order valence-corrected chi connectivity index (χ1v) is 10.2. The summed E-state index contributed by atoms with van der Waals surface area (Å²) >= 11 is 0. The molecule has 2 heteroatoms. The van der Waals surface area contributed by atoms with Crippen LogP contribution >= 0.6 is 0 Å². The van der Waals surface area contributed by atoms with Gasteiger partial charge >= 0.3 is 5.97 Å². The first-order valence-electron chi connectivity index (χ1n) is 10.2. The molecule has 0 aromatic carbocycles. The smallest absolute Gasteiger partial charge is 0.308 e. The largest absolute Gasteiger partial charge is 0.465 e. The van der Waals surface area contributed by atoms with Gasteiger partial charge in [0.1, 0.15) is 0 Å². The average molecular weight is 325 g/mol. The minimum absolute atomic E-state index is 0.0767. The van der Waals surface area contributed by atoms with Crippen molar-refractivity contribution < 1.29 is 9.53 Å². The number of hydrogen-bond donors (Lipinski definition) is 0. The second-order valence-corrected chi connectivity index (χ2v) is 8.30. The quantitative estimate of drug-likeness (QED) is 0.319. The summed E-state index contributed by atoms with van der Waals surface area (Å²) in [6.45, 7) is 9.71. The van der Waals surface area contributed by atoms with Crippen molar-refractivity contribution >= 4 is 5.97 Å². The summed E-state index contributed by atoms with van der Waals surface area (Å²) < 4.78 is 5.81. The number of rotatable bonds is 11. The van der Waals surface area contributed by atoms with Crippen LogP contribution in [0.5, 0.6) is 0 Å². The van der Waals surface area contributed by atoms with Crippen LogP contribution in [0.3, 0.4) is 0 Å². The predicted octanol–water partition coefficient (Wildman–Crippen LogP) is 6.52. The van der Waals surface area contributed by atoms with Crippen molar-refractivity contribution in [1.29, 1.82) is 0 Å². The number of unbranched alkanes of at least 4 members (excludes halogenated alkanes) is 4. The van der Waals surface area contributed by atoms with Gasteiger partial charge in [0.15, 0.2) is 0 Å². The van der Waals surface area contributed by atoms with E-state index in [0.29, 0.717) is 12.5 Å². The van der Waals surface area contributed by atoms with Gasteiger partial charge in [-0.05, 0) is 31.6 Å². The molecule has 0 aromatic heterocycles. The van der Waals surface area contributed by atoms with E-state index in [0.717, 1.165) is 12.8 Å². The zero-order valence-corrected chi connectivity index (χ0v) is 16.2. The normalized spacial score (nSPS) is 24.2. The minimum Gasteiger partial charge on any atom is -0.465 e. The van der Waals surface area contributed by atoms with Crippen LogP contribution in [-0.2, 0) is 9.53 Å². The van der Waals surface area contributed by atoms with Gasteiger partial charge in [0.05, 0.1) is 12.5 Å². The highest BCUT2D eigenvalue weighted by molar-refractivity contribution is 5.72. The third kappa shape index (κ3) is 8.22. The van der Waals surface area contributed by atoms with Crippen LogP contribution < -0.4 is 0 Å². The Morgan fingerprint density at radius 3 is 2.39 bits per heavy atom. The maximum absolute atomic E-state index is 12.4. The Hall–Kier alpha value is -0.530. The van der Waals surface area contributed by atoms with Gasteiger partial charge in [-0.2, -0.15) is 0 Å². The topological polar surface area (TPSA) is 26.3 Å². The van der Waals surface area contributed by atoms with E-state index >= 15 is 0 Å². The number of hydrogen-bond acceptors (Lipinski definition) is 2. The van der Waals surface area contributed by atoms with Crippen molar-refractivity contribution in [3.05, 3.63) is 0 Å². The van der Waals surface area contributed by atoms with Gasteiger partial charge in [-0.15, -0.1) is 0 Å². The standard InChI is InChI=1S/C21H40O2/c1-5-7-9-10-15-21(4,14-8-6-2)17-23-20(22)19-13-11-12-18(3)16-19/h18-19H,5-17H2,1-4H3. The summed E-state index contributed by atoms with van der Waals surface area (Å²) in [5.41, 5.74) is 0.180. The zero-order chi connectivity index (χ0) is 17.1. The van der Waals surface area contributed by atoms with E-state index in [1.54, 1.807) is 0 Å². The molecular weight excluding hydrogens is 284 g/mol. The Kier molecular flexibility index (Phi) is 9.90. The predicted molar refractivity (Wildman–Crippen MR) is 98.5 cm³/mol. The lowest BCUT2D eigenvalue weighted by atomic mass is 9.80. The molecule has 0 N–H and O–H groups in total. The van der Waals surface area contributed by atoms with Gasteiger partial charge < -0.3 is 4.74 Å². The number of esters is 1. The van der Waals surface area contributed by atoms with Gasteiger partial charge in [-0.25, -0.2) is 0 Å². The van der Waals surface area contributed by atoms with Gasteiger partial charge in [-0.3, -0.25) is 4.79 Å². The summed E-state index contributed by atoms with van der Waals surface area (Å²) in [6.07, 6.45) is 14.5. The lowest BCUT2D eigenvalue weighted by molar-refractivity contribution is -0.154. The summed E-state index contributed by atoms with van der Waals surface area (Å²) in [5, 5.41) is 0. The first kappa shape index (κ1) is 20.5. The van der Waals surface area contributed by atoms with E-state index < -0.39 is 0 Å². The van der Waals surface area contributed by atoms with Crippen molar-refractivity contribution in [1.82, 2.24) is 0 Å². The lowest BCUT2D eigenvalue weighted by Gasteiger charge is -2.31. The number of ether oxygens (including phenoxy) is 1. The molecular formula is C21H40O2. The highest BCUT2D eigenvalue weighted by Crippen LogP contribution is 2.33. The van der Waals surface area contributed by atoms with Gasteiger partial charge in [0, 0.05) is 5.41 Å². The lowest BCUT2D eigenvalue weighted by Crippen LogP contribution is -2.30. The Bertz CT molecular complexity index is 326. The summed E-state index contributed by atoms with van der Waals surface area (Å²) in [6, 6.07) is 0. The average Bonchev–Trinajstić information content (AvgIpc) is 2.55. The molecule has 3 unspecified atom stereocenters. The molecule has 0 amide bonds. The Balaban J connectivity index is 2.43. The highest BCUT2D eigenvalue weighted by Gasteiger charge is 2.30. The molecule has 0 spiro atoms. The zero-order valence-electron chi connectivity index (χ0n) is 16.2. The number of carbonyl (C=O) groups is 1. The van der Waals surface area contributed by atoms with E-state index in [4.69, 9.17) is 4.74 Å². The van der Waals surface area contributed by atoms with Gasteiger partial charge in [0.2, 0.25) is 0 Å². The van der Waals surface area contributed by atoms with Crippen LogP contribution in [0, 0.1) is 17.3 Å². The Morgan fingerprint density at radius 2 is 1.74 bits per heavy atom. The van der Waals surface area contributed by atoms with Crippen LogP contribution in [0.15, 0.2) is 0 Å². The highest BCUT2D eigenvalue weighted by atomic mass is 16.5. The van der Waals surface area contributed by atoms with E-state index in [1.165, 1.54) is 64.2 Å². The van der Waals surface area contributed by atoms with Crippen molar-refractivity contribution in [3.8, 4) is 0 Å². The van der Waals surface area contributed by atoms with Crippen LogP contribution in [-0.4, -0.2) is 12.6 Å². The molecule has 0 saturated heterocycles. The SMILES string of the molecule is CCCCCCC(C)(CCCC)COC(=O)C1CCCC(C)C1. The maximum Gasteiger partial charge on any atom is 0.308 e. The van der Waals surface area contributed by atoms with Gasteiger partial charge in [-0.1, -0.05) is 79.1 Å². The molecule has 1 aliphatic carbocycles. The van der Waals surface area contributed by atoms with Crippen molar-refractivity contribution in [3.63, 3.8) is 0 Å². The number of carbonyl (C=O) groups excluding carboxylic acids is 1. The van der Waals surface area contributed by atoms with Crippen molar-refractivity contribution in [2.75, 3.05) is 6.61 Å². The van der Waals surface area contributed by atoms with Crippen LogP contribution in [0.4, 0.5) is 0 Å². The third-order valence-electron chi connectivity index (χ3n) is 5.60. The molecule has 1 rings (SSSR count). The van der Waals surface area contributed by atoms with Crippen LogP contribution in [0.1, 0.15) is 105 Å². The van der Waals surface area contributed by atoms with Crippen molar-refractivity contribution in [2.45, 2.75) is 105 Å². The molecule has 0 heterocycles. The fourth-order valence-electron chi connectivity index (χ4n) is 3.86. The second-order valence-electron chi connectivity index (χ2n) is 8.30. The molecule has 0 aliphatic heterocycles. The summed E-state index contributed by atoms with van der Waals surface area (Å²) in [4.78, 5) is 12.4. The summed E-state index contributed by atoms with van der Waals surface area (Å²) in [5.74, 6) is 0.920. The molecule has 1 aliphatic rings. The van der Waals surface area contributed by atoms with Crippen molar-refractivity contribution in [2.24, 2.45) is 17.3 Å². The van der Waals surface area contributed by atoms with E-state index in [9.17, 15) is 4.79 Å². The van der Waals surface area contributed by atoms with Gasteiger partial charge in [0.25, 0.3) is 0 Å². The second kappa shape index (κ2) is 11.1. The van der Waals surface area contributed by atoms with E-state index in [-0.39, 0.29) is 17.3 Å². The maximum atomic E-state index is 12.4. The molecule has 0 radical (unpaired) electrons. The van der Waals surface area contributed by atoms with E-state index in [1.807, 2.05) is 0 Å². The Labute approximate surface area is 144 Å².